The van der Waals surface area contributed by atoms with E-state index in [1.54, 1.807) is 24.4 Å². The molecule has 3 aromatic rings. The van der Waals surface area contributed by atoms with Crippen molar-refractivity contribution >= 4 is 27.2 Å². The van der Waals surface area contributed by atoms with Crippen molar-refractivity contribution in [3.05, 3.63) is 70.4 Å². The van der Waals surface area contributed by atoms with Crippen LogP contribution >= 0.6 is 11.3 Å². The highest BCUT2D eigenvalue weighted by Crippen LogP contribution is 2.28. The quantitative estimate of drug-likeness (QED) is 0.623. The molecule has 0 amide bonds. The minimum absolute atomic E-state index is 0.142. The third kappa shape index (κ3) is 1.96. The number of aryl methyl sites for hydroxylation is 1. The van der Waals surface area contributed by atoms with E-state index in [0.717, 1.165) is 10.1 Å². The summed E-state index contributed by atoms with van der Waals surface area (Å²) < 4.78 is 15.1. The average Bonchev–Trinajstić information content (AvgIpc) is 2.85. The molecule has 1 nitrogen and oxygen atoms in total. The smallest absolute Gasteiger partial charge is 0.197 e. The van der Waals surface area contributed by atoms with Gasteiger partial charge >= 0.3 is 0 Å². The number of ketones is 1. The first-order valence-corrected chi connectivity index (χ1v) is 6.82. The van der Waals surface area contributed by atoms with Crippen LogP contribution in [0.5, 0.6) is 0 Å². The van der Waals surface area contributed by atoms with Gasteiger partial charge in [0.1, 0.15) is 5.82 Å². The number of rotatable bonds is 2. The van der Waals surface area contributed by atoms with Crippen molar-refractivity contribution in [1.82, 2.24) is 0 Å². The Morgan fingerprint density at radius 2 is 1.84 bits per heavy atom. The molecule has 0 aliphatic heterocycles. The normalized spacial score (nSPS) is 10.8. The van der Waals surface area contributed by atoms with Gasteiger partial charge in [0.25, 0.3) is 0 Å². The second-order valence-electron chi connectivity index (χ2n) is 4.41. The summed E-state index contributed by atoms with van der Waals surface area (Å²) in [4.78, 5) is 12.5. The summed E-state index contributed by atoms with van der Waals surface area (Å²) in [5.74, 6) is -0.679. The Kier molecular flexibility index (Phi) is 2.91. The van der Waals surface area contributed by atoms with Crippen molar-refractivity contribution in [2.24, 2.45) is 0 Å². The molecule has 0 bridgehead atoms. The molecule has 0 fully saturated rings. The van der Waals surface area contributed by atoms with Gasteiger partial charge in [0.2, 0.25) is 0 Å². The number of carbonyl (C=O) groups excluding carboxylic acids is 1. The lowest BCUT2D eigenvalue weighted by Gasteiger charge is -2.04. The molecule has 19 heavy (non-hydrogen) atoms. The van der Waals surface area contributed by atoms with E-state index in [2.05, 4.69) is 0 Å². The molecule has 0 N–H and O–H groups in total. The van der Waals surface area contributed by atoms with E-state index >= 15 is 0 Å². The summed E-state index contributed by atoms with van der Waals surface area (Å²) in [6.45, 7) is 1.66. The van der Waals surface area contributed by atoms with Crippen LogP contribution in [0.25, 0.3) is 10.1 Å². The number of halogens is 1. The molecule has 0 unspecified atom stereocenters. The molecule has 0 saturated carbocycles. The maximum atomic E-state index is 14.0. The Labute approximate surface area is 114 Å². The Hall–Kier alpha value is -2.00. The molecule has 0 spiro atoms. The summed E-state index contributed by atoms with van der Waals surface area (Å²) in [5.41, 5.74) is 1.21. The fraction of sp³-hybridized carbons (Fsp3) is 0.0625. The van der Waals surface area contributed by atoms with E-state index in [-0.39, 0.29) is 11.3 Å². The lowest BCUT2D eigenvalue weighted by Crippen LogP contribution is -2.04. The molecule has 1 aromatic heterocycles. The van der Waals surface area contributed by atoms with Gasteiger partial charge in [-0.1, -0.05) is 30.3 Å². The summed E-state index contributed by atoms with van der Waals surface area (Å²) in [5, 5.41) is 2.69. The fourth-order valence-electron chi connectivity index (χ4n) is 2.12. The van der Waals surface area contributed by atoms with E-state index in [1.807, 2.05) is 24.3 Å². The second-order valence-corrected chi connectivity index (χ2v) is 5.32. The predicted octanol–water partition coefficient (Wildman–Crippen LogP) is 4.58. The predicted molar refractivity (Wildman–Crippen MR) is 76.4 cm³/mol. The standard InChI is InChI=1S/C16H11FOS/c1-10-5-4-7-12(15(10)17)16(18)13-9-19-14-8-3-2-6-11(13)14/h2-9H,1H3. The van der Waals surface area contributed by atoms with Crippen LogP contribution in [0.15, 0.2) is 47.8 Å². The van der Waals surface area contributed by atoms with Crippen molar-refractivity contribution in [2.75, 3.05) is 0 Å². The second kappa shape index (κ2) is 4.59. The zero-order chi connectivity index (χ0) is 13.4. The van der Waals surface area contributed by atoms with Crippen molar-refractivity contribution in [3.8, 4) is 0 Å². The van der Waals surface area contributed by atoms with Gasteiger partial charge in [-0.05, 0) is 24.6 Å². The number of thiophene rings is 1. The summed E-state index contributed by atoms with van der Waals surface area (Å²) >= 11 is 1.50. The third-order valence-corrected chi connectivity index (χ3v) is 4.13. The molecular formula is C16H11FOS. The topological polar surface area (TPSA) is 17.1 Å². The van der Waals surface area contributed by atoms with Gasteiger partial charge in [-0.25, -0.2) is 4.39 Å². The Morgan fingerprint density at radius 1 is 1.05 bits per heavy atom. The highest BCUT2D eigenvalue weighted by Gasteiger charge is 2.18. The zero-order valence-corrected chi connectivity index (χ0v) is 11.1. The van der Waals surface area contributed by atoms with Gasteiger partial charge in [-0.2, -0.15) is 0 Å². The minimum atomic E-state index is -0.428. The first-order valence-electron chi connectivity index (χ1n) is 5.94. The lowest BCUT2D eigenvalue weighted by atomic mass is 10.0. The van der Waals surface area contributed by atoms with E-state index < -0.39 is 5.82 Å². The van der Waals surface area contributed by atoms with Crippen LogP contribution in [-0.2, 0) is 0 Å². The van der Waals surface area contributed by atoms with Crippen molar-refractivity contribution in [3.63, 3.8) is 0 Å². The van der Waals surface area contributed by atoms with Crippen LogP contribution in [0, 0.1) is 12.7 Å². The minimum Gasteiger partial charge on any atom is -0.288 e. The molecule has 0 radical (unpaired) electrons. The largest absolute Gasteiger partial charge is 0.288 e. The monoisotopic (exact) mass is 270 g/mol. The molecule has 1 heterocycles. The van der Waals surface area contributed by atoms with E-state index in [4.69, 9.17) is 0 Å². The number of carbonyl (C=O) groups is 1. The molecular weight excluding hydrogens is 259 g/mol. The van der Waals surface area contributed by atoms with Crippen LogP contribution in [0.4, 0.5) is 4.39 Å². The molecule has 0 saturated heterocycles. The molecule has 0 aliphatic carbocycles. The SMILES string of the molecule is Cc1cccc(C(=O)c2csc3ccccc23)c1F. The van der Waals surface area contributed by atoms with Crippen LogP contribution in [0.2, 0.25) is 0 Å². The summed E-state index contributed by atoms with van der Waals surface area (Å²) in [6, 6.07) is 12.6. The maximum absolute atomic E-state index is 14.0. The molecule has 3 heteroatoms. The van der Waals surface area contributed by atoms with Gasteiger partial charge in [-0.15, -0.1) is 11.3 Å². The van der Waals surface area contributed by atoms with E-state index in [1.165, 1.54) is 17.4 Å². The van der Waals surface area contributed by atoms with Gasteiger partial charge in [0.05, 0.1) is 5.56 Å². The first kappa shape index (κ1) is 12.1. The molecule has 0 aliphatic rings. The van der Waals surface area contributed by atoms with E-state index in [0.29, 0.717) is 11.1 Å². The maximum Gasteiger partial charge on any atom is 0.197 e. The Balaban J connectivity index is 2.17. The molecule has 94 valence electrons. The van der Waals surface area contributed by atoms with Gasteiger partial charge in [-0.3, -0.25) is 4.79 Å². The fourth-order valence-corrected chi connectivity index (χ4v) is 3.06. The van der Waals surface area contributed by atoms with Gasteiger partial charge < -0.3 is 0 Å². The Morgan fingerprint density at radius 3 is 2.68 bits per heavy atom. The summed E-state index contributed by atoms with van der Waals surface area (Å²) in [6.07, 6.45) is 0. The van der Waals surface area contributed by atoms with Crippen LogP contribution in [0.3, 0.4) is 0 Å². The van der Waals surface area contributed by atoms with Crippen LogP contribution < -0.4 is 0 Å². The lowest BCUT2D eigenvalue weighted by molar-refractivity contribution is 0.103. The van der Waals surface area contributed by atoms with Crippen LogP contribution in [0.1, 0.15) is 21.5 Å². The van der Waals surface area contributed by atoms with E-state index in [9.17, 15) is 9.18 Å². The number of fused-ring (bicyclic) bond motifs is 1. The van der Waals surface area contributed by atoms with Crippen molar-refractivity contribution in [2.45, 2.75) is 6.92 Å². The molecule has 2 aromatic carbocycles. The van der Waals surface area contributed by atoms with Crippen molar-refractivity contribution in [1.29, 1.82) is 0 Å². The average molecular weight is 270 g/mol. The van der Waals surface area contributed by atoms with Crippen LogP contribution in [-0.4, -0.2) is 5.78 Å². The zero-order valence-electron chi connectivity index (χ0n) is 10.3. The highest BCUT2D eigenvalue weighted by molar-refractivity contribution is 7.17. The highest BCUT2D eigenvalue weighted by atomic mass is 32.1. The third-order valence-electron chi connectivity index (χ3n) is 3.16. The number of hydrogen-bond donors (Lipinski definition) is 0. The number of benzene rings is 2. The molecule has 0 atom stereocenters. The van der Waals surface area contributed by atoms with Gasteiger partial charge in [0.15, 0.2) is 5.78 Å². The first-order chi connectivity index (χ1) is 9.18. The van der Waals surface area contributed by atoms with Gasteiger partial charge in [0, 0.05) is 21.0 Å². The number of hydrogen-bond acceptors (Lipinski definition) is 2. The van der Waals surface area contributed by atoms with Crippen molar-refractivity contribution < 1.29 is 9.18 Å². The molecule has 3 rings (SSSR count). The Bertz CT molecular complexity index is 773. The summed E-state index contributed by atoms with van der Waals surface area (Å²) in [7, 11) is 0.